The summed E-state index contributed by atoms with van der Waals surface area (Å²) in [6.45, 7) is 2.28. The van der Waals surface area contributed by atoms with Crippen molar-refractivity contribution in [3.8, 4) is 0 Å². The topological polar surface area (TPSA) is 29.5 Å². The molecule has 0 aliphatic heterocycles. The average Bonchev–Trinajstić information content (AvgIpc) is 2.54. The molecule has 0 bridgehead atoms. The number of nitrogens with zero attached hydrogens (tertiary/aromatic N) is 1. The largest absolute Gasteiger partial charge is 0.464 e. The number of anilines is 1. The van der Waals surface area contributed by atoms with Crippen LogP contribution in [0.2, 0.25) is 5.02 Å². The van der Waals surface area contributed by atoms with E-state index in [9.17, 15) is 4.79 Å². The molecular weight excluding hydrogens is 298 g/mol. The summed E-state index contributed by atoms with van der Waals surface area (Å²) in [6.07, 6.45) is 7.22. The van der Waals surface area contributed by atoms with Crippen molar-refractivity contribution in [2.24, 2.45) is 5.92 Å². The van der Waals surface area contributed by atoms with E-state index in [0.717, 1.165) is 12.1 Å². The van der Waals surface area contributed by atoms with Crippen molar-refractivity contribution < 1.29 is 9.53 Å². The van der Waals surface area contributed by atoms with E-state index in [1.807, 2.05) is 43.1 Å². The number of hydrogen-bond acceptors (Lipinski definition) is 3. The number of hydrogen-bond donors (Lipinski definition) is 0. The van der Waals surface area contributed by atoms with Gasteiger partial charge in [-0.25, -0.2) is 4.79 Å². The summed E-state index contributed by atoms with van der Waals surface area (Å²) in [5.74, 6) is 0.503. The van der Waals surface area contributed by atoms with Crippen molar-refractivity contribution in [3.63, 3.8) is 0 Å². The van der Waals surface area contributed by atoms with Crippen LogP contribution in [0.5, 0.6) is 0 Å². The number of carbonyl (C=O) groups is 1. The van der Waals surface area contributed by atoms with Gasteiger partial charge in [-0.1, -0.05) is 43.7 Å². The van der Waals surface area contributed by atoms with Crippen LogP contribution in [0.15, 0.2) is 24.3 Å². The van der Waals surface area contributed by atoms with Crippen molar-refractivity contribution in [2.45, 2.75) is 51.5 Å². The number of likely N-dealkylation sites (N-methyl/N-ethyl adjacent to an activating group) is 1. The fraction of sp³-hybridized carbons (Fsp3) is 0.611. The fourth-order valence-corrected chi connectivity index (χ4v) is 3.37. The van der Waals surface area contributed by atoms with Gasteiger partial charge in [-0.05, 0) is 43.5 Å². The molecule has 1 aliphatic rings. The number of rotatable bonds is 6. The molecule has 22 heavy (non-hydrogen) atoms. The Bertz CT molecular complexity index is 468. The zero-order valence-electron chi connectivity index (χ0n) is 13.6. The second kappa shape index (κ2) is 8.42. The first-order valence-electron chi connectivity index (χ1n) is 8.27. The summed E-state index contributed by atoms with van der Waals surface area (Å²) < 4.78 is 5.31. The minimum absolute atomic E-state index is 0.120. The first-order chi connectivity index (χ1) is 10.6. The highest BCUT2D eigenvalue weighted by Crippen LogP contribution is 2.30. The van der Waals surface area contributed by atoms with Crippen molar-refractivity contribution in [2.75, 3.05) is 18.6 Å². The summed E-state index contributed by atoms with van der Waals surface area (Å²) in [5, 5.41) is 0.706. The Morgan fingerprint density at radius 2 is 1.91 bits per heavy atom. The van der Waals surface area contributed by atoms with E-state index in [0.29, 0.717) is 17.5 Å². The predicted molar refractivity (Wildman–Crippen MR) is 91.5 cm³/mol. The van der Waals surface area contributed by atoms with E-state index in [1.165, 1.54) is 32.1 Å². The standard InChI is InChI=1S/C18H26ClNO2/c1-3-22-18(21)17(13-14-7-5-4-6-8-14)20(2)16-11-9-15(19)10-12-16/h9-12,14,17H,3-8,13H2,1-2H3. The smallest absolute Gasteiger partial charge is 0.328 e. The molecule has 0 amide bonds. The van der Waals surface area contributed by atoms with Gasteiger partial charge < -0.3 is 9.64 Å². The van der Waals surface area contributed by atoms with Crippen LogP contribution in [0.4, 0.5) is 5.69 Å². The van der Waals surface area contributed by atoms with Crippen molar-refractivity contribution >= 4 is 23.3 Å². The molecule has 4 heteroatoms. The Hall–Kier alpha value is -1.22. The minimum Gasteiger partial charge on any atom is -0.464 e. The number of benzene rings is 1. The third-order valence-corrected chi connectivity index (χ3v) is 4.79. The highest BCUT2D eigenvalue weighted by atomic mass is 35.5. The summed E-state index contributed by atoms with van der Waals surface area (Å²) in [6, 6.07) is 7.40. The first-order valence-corrected chi connectivity index (χ1v) is 8.64. The molecule has 1 aliphatic carbocycles. The molecule has 0 radical (unpaired) electrons. The predicted octanol–water partition coefficient (Wildman–Crippen LogP) is 4.68. The Balaban J connectivity index is 2.11. The Morgan fingerprint density at radius 3 is 2.50 bits per heavy atom. The van der Waals surface area contributed by atoms with E-state index in [1.54, 1.807) is 0 Å². The minimum atomic E-state index is -0.218. The number of ether oxygens (including phenoxy) is 1. The lowest BCUT2D eigenvalue weighted by Gasteiger charge is -2.32. The van der Waals surface area contributed by atoms with Crippen molar-refractivity contribution in [3.05, 3.63) is 29.3 Å². The van der Waals surface area contributed by atoms with Crippen LogP contribution in [0, 0.1) is 5.92 Å². The van der Waals surface area contributed by atoms with Crippen LogP contribution >= 0.6 is 11.6 Å². The quantitative estimate of drug-likeness (QED) is 0.712. The van der Waals surface area contributed by atoms with Gasteiger partial charge in [0.25, 0.3) is 0 Å². The summed E-state index contributed by atoms with van der Waals surface area (Å²) >= 11 is 5.95. The maximum Gasteiger partial charge on any atom is 0.328 e. The Labute approximate surface area is 138 Å². The molecule has 0 saturated heterocycles. The van der Waals surface area contributed by atoms with E-state index in [4.69, 9.17) is 16.3 Å². The van der Waals surface area contributed by atoms with Crippen LogP contribution in [-0.4, -0.2) is 25.7 Å². The molecule has 1 unspecified atom stereocenters. The molecule has 0 N–H and O–H groups in total. The van der Waals surface area contributed by atoms with Gasteiger partial charge in [0.1, 0.15) is 6.04 Å². The molecule has 0 aromatic heterocycles. The molecule has 0 heterocycles. The zero-order chi connectivity index (χ0) is 15.9. The lowest BCUT2D eigenvalue weighted by atomic mass is 9.84. The SMILES string of the molecule is CCOC(=O)C(CC1CCCCC1)N(C)c1ccc(Cl)cc1. The van der Waals surface area contributed by atoms with Gasteiger partial charge in [-0.3, -0.25) is 0 Å². The van der Waals surface area contributed by atoms with Crippen molar-refractivity contribution in [1.82, 2.24) is 0 Å². The van der Waals surface area contributed by atoms with Gasteiger partial charge in [0.05, 0.1) is 6.61 Å². The lowest BCUT2D eigenvalue weighted by Crippen LogP contribution is -2.41. The maximum absolute atomic E-state index is 12.4. The van der Waals surface area contributed by atoms with Crippen molar-refractivity contribution in [1.29, 1.82) is 0 Å². The molecule has 1 atom stereocenters. The normalized spacial score (nSPS) is 17.0. The number of halogens is 1. The summed E-state index contributed by atoms with van der Waals surface area (Å²) in [5.41, 5.74) is 0.998. The molecule has 1 aromatic rings. The molecule has 122 valence electrons. The first kappa shape index (κ1) is 17.1. The zero-order valence-corrected chi connectivity index (χ0v) is 14.3. The average molecular weight is 324 g/mol. The monoisotopic (exact) mass is 323 g/mol. The van der Waals surface area contributed by atoms with Gasteiger partial charge in [-0.2, -0.15) is 0 Å². The van der Waals surface area contributed by atoms with E-state index in [-0.39, 0.29) is 12.0 Å². The van der Waals surface area contributed by atoms with Gasteiger partial charge in [-0.15, -0.1) is 0 Å². The highest BCUT2D eigenvalue weighted by molar-refractivity contribution is 6.30. The molecule has 2 rings (SSSR count). The van der Waals surface area contributed by atoms with Crippen LogP contribution < -0.4 is 4.90 Å². The second-order valence-electron chi connectivity index (χ2n) is 6.09. The third-order valence-electron chi connectivity index (χ3n) is 4.54. The molecule has 1 saturated carbocycles. The van der Waals surface area contributed by atoms with E-state index in [2.05, 4.69) is 0 Å². The van der Waals surface area contributed by atoms with Gasteiger partial charge in [0.15, 0.2) is 0 Å². The number of carbonyl (C=O) groups excluding carboxylic acids is 1. The number of esters is 1. The molecular formula is C18H26ClNO2. The van der Waals surface area contributed by atoms with Crippen LogP contribution in [0.1, 0.15) is 45.4 Å². The molecule has 1 aromatic carbocycles. The van der Waals surface area contributed by atoms with E-state index >= 15 is 0 Å². The summed E-state index contributed by atoms with van der Waals surface area (Å²) in [4.78, 5) is 14.4. The molecule has 0 spiro atoms. The second-order valence-corrected chi connectivity index (χ2v) is 6.53. The summed E-state index contributed by atoms with van der Waals surface area (Å²) in [7, 11) is 1.97. The van der Waals surface area contributed by atoms with Gasteiger partial charge >= 0.3 is 5.97 Å². The highest BCUT2D eigenvalue weighted by Gasteiger charge is 2.29. The van der Waals surface area contributed by atoms with E-state index < -0.39 is 0 Å². The fourth-order valence-electron chi connectivity index (χ4n) is 3.25. The molecule has 1 fully saturated rings. The maximum atomic E-state index is 12.4. The Kier molecular flexibility index (Phi) is 6.56. The van der Waals surface area contributed by atoms with Crippen LogP contribution in [0.3, 0.4) is 0 Å². The van der Waals surface area contributed by atoms with Crippen LogP contribution in [-0.2, 0) is 9.53 Å². The Morgan fingerprint density at radius 1 is 1.27 bits per heavy atom. The lowest BCUT2D eigenvalue weighted by molar-refractivity contribution is -0.145. The van der Waals surface area contributed by atoms with Gasteiger partial charge in [0.2, 0.25) is 0 Å². The van der Waals surface area contributed by atoms with Gasteiger partial charge in [0, 0.05) is 17.8 Å². The molecule has 3 nitrogen and oxygen atoms in total. The third kappa shape index (κ3) is 4.64. The van der Waals surface area contributed by atoms with Crippen LogP contribution in [0.25, 0.3) is 0 Å².